The molecule has 0 atom stereocenters. The van der Waals surface area contributed by atoms with Crippen LogP contribution >= 0.6 is 0 Å². The van der Waals surface area contributed by atoms with Gasteiger partial charge in [-0.3, -0.25) is 0 Å². The van der Waals surface area contributed by atoms with Gasteiger partial charge in [0.2, 0.25) is 5.88 Å². The van der Waals surface area contributed by atoms with Crippen molar-refractivity contribution < 1.29 is 29.3 Å². The molecule has 0 aliphatic heterocycles. The fourth-order valence-corrected chi connectivity index (χ4v) is 2.32. The number of amides is 2. The van der Waals surface area contributed by atoms with E-state index < -0.39 is 23.1 Å². The monoisotopic (exact) mass is 370 g/mol. The van der Waals surface area contributed by atoms with Crippen molar-refractivity contribution in [3.05, 3.63) is 5.69 Å². The zero-order chi connectivity index (χ0) is 20.4. The molecule has 10 heteroatoms. The minimum absolute atomic E-state index is 0.0153. The van der Waals surface area contributed by atoms with Crippen molar-refractivity contribution in [2.24, 2.45) is 0 Å². The minimum atomic E-state index is -1.51. The summed E-state index contributed by atoms with van der Waals surface area (Å²) in [5.74, 6) is -0.111. The summed E-state index contributed by atoms with van der Waals surface area (Å²) in [7, 11) is 2.68. The Bertz CT molecular complexity index is 693. The maximum Gasteiger partial charge on any atom is 0.431 e. The van der Waals surface area contributed by atoms with Gasteiger partial charge in [-0.1, -0.05) is 20.8 Å². The van der Waals surface area contributed by atoms with Crippen LogP contribution in [-0.2, 0) is 5.41 Å². The molecule has 0 saturated carbocycles. The largest absolute Gasteiger partial charge is 0.479 e. The molecule has 1 aromatic rings. The van der Waals surface area contributed by atoms with Gasteiger partial charge in [0.1, 0.15) is 0 Å². The third-order valence-electron chi connectivity index (χ3n) is 3.33. The molecule has 0 aliphatic rings. The summed E-state index contributed by atoms with van der Waals surface area (Å²) in [6.07, 6.45) is -2.96. The highest BCUT2D eigenvalue weighted by Crippen LogP contribution is 2.40. The fraction of sp³-hybridized carbons (Fsp3) is 0.625. The molecule has 0 spiro atoms. The standard InChI is InChI=1S/C16H26N4O6/c1-15(2,3)10-9(11(25-7)18-12(17-10)26-8)19(13(21)22)20(14(23)24)16(4,5)6/h1-8H3,(H,21,22)(H,23,24). The Hall–Kier alpha value is -2.78. The molecule has 0 radical (unpaired) electrons. The van der Waals surface area contributed by atoms with Gasteiger partial charge in [0, 0.05) is 5.41 Å². The van der Waals surface area contributed by atoms with E-state index in [-0.39, 0.29) is 23.3 Å². The van der Waals surface area contributed by atoms with Gasteiger partial charge >= 0.3 is 18.2 Å². The lowest BCUT2D eigenvalue weighted by atomic mass is 9.90. The minimum Gasteiger partial charge on any atom is -0.479 e. The zero-order valence-electron chi connectivity index (χ0n) is 16.3. The average Bonchev–Trinajstić information content (AvgIpc) is 2.48. The average molecular weight is 370 g/mol. The van der Waals surface area contributed by atoms with Gasteiger partial charge in [0.15, 0.2) is 5.69 Å². The highest BCUT2D eigenvalue weighted by atomic mass is 16.5. The summed E-state index contributed by atoms with van der Waals surface area (Å²) in [6.45, 7) is 10.1. The molecule has 1 heterocycles. The molecule has 10 nitrogen and oxygen atoms in total. The summed E-state index contributed by atoms with van der Waals surface area (Å²) in [6, 6.07) is -0.0153. The molecule has 2 N–H and O–H groups in total. The van der Waals surface area contributed by atoms with Crippen LogP contribution in [0, 0.1) is 0 Å². The van der Waals surface area contributed by atoms with E-state index in [1.807, 2.05) is 0 Å². The van der Waals surface area contributed by atoms with Crippen LogP contribution in [0.15, 0.2) is 0 Å². The Balaban J connectivity index is 3.92. The van der Waals surface area contributed by atoms with Gasteiger partial charge in [-0.2, -0.15) is 15.0 Å². The van der Waals surface area contributed by atoms with Crippen molar-refractivity contribution in [2.75, 3.05) is 19.2 Å². The molecule has 0 aliphatic carbocycles. The van der Waals surface area contributed by atoms with E-state index in [9.17, 15) is 19.8 Å². The molecule has 0 fully saturated rings. The van der Waals surface area contributed by atoms with Crippen molar-refractivity contribution in [3.63, 3.8) is 0 Å². The number of nitrogens with zero attached hydrogens (tertiary/aromatic N) is 4. The maximum atomic E-state index is 12.1. The van der Waals surface area contributed by atoms with Crippen LogP contribution in [0.5, 0.6) is 11.9 Å². The Morgan fingerprint density at radius 2 is 1.46 bits per heavy atom. The quantitative estimate of drug-likeness (QED) is 0.778. The van der Waals surface area contributed by atoms with E-state index >= 15 is 0 Å². The molecule has 1 aromatic heterocycles. The predicted octanol–water partition coefficient (Wildman–Crippen LogP) is 2.97. The topological polar surface area (TPSA) is 125 Å². The zero-order valence-corrected chi connectivity index (χ0v) is 16.3. The van der Waals surface area contributed by atoms with Crippen LogP contribution in [0.1, 0.15) is 47.2 Å². The molecular weight excluding hydrogens is 344 g/mol. The first kappa shape index (κ1) is 21.3. The highest BCUT2D eigenvalue weighted by molar-refractivity contribution is 5.91. The Kier molecular flexibility index (Phi) is 5.91. The predicted molar refractivity (Wildman–Crippen MR) is 94.0 cm³/mol. The second kappa shape index (κ2) is 7.22. The van der Waals surface area contributed by atoms with Crippen LogP contribution in [0.25, 0.3) is 0 Å². The van der Waals surface area contributed by atoms with Gasteiger partial charge in [-0.15, -0.1) is 0 Å². The summed E-state index contributed by atoms with van der Waals surface area (Å²) < 4.78 is 10.3. The number of hydrazine groups is 1. The van der Waals surface area contributed by atoms with E-state index in [0.717, 1.165) is 0 Å². The summed E-state index contributed by atoms with van der Waals surface area (Å²) in [5.41, 5.74) is -1.54. The summed E-state index contributed by atoms with van der Waals surface area (Å²) in [4.78, 5) is 32.2. The molecule has 26 heavy (non-hydrogen) atoms. The van der Waals surface area contributed by atoms with E-state index in [0.29, 0.717) is 10.0 Å². The number of anilines is 1. The lowest BCUT2D eigenvalue weighted by Crippen LogP contribution is -2.58. The third-order valence-corrected chi connectivity index (χ3v) is 3.33. The number of hydrogen-bond acceptors (Lipinski definition) is 6. The molecule has 0 unspecified atom stereocenters. The first-order chi connectivity index (χ1) is 11.8. The third kappa shape index (κ3) is 4.24. The van der Waals surface area contributed by atoms with Crippen molar-refractivity contribution in [3.8, 4) is 11.9 Å². The lowest BCUT2D eigenvalue weighted by molar-refractivity contribution is 0.0861. The highest BCUT2D eigenvalue weighted by Gasteiger charge is 2.41. The number of ether oxygens (including phenoxy) is 2. The van der Waals surface area contributed by atoms with E-state index in [1.54, 1.807) is 41.5 Å². The van der Waals surface area contributed by atoms with Crippen LogP contribution in [0.2, 0.25) is 0 Å². The molecule has 0 saturated heterocycles. The Morgan fingerprint density at radius 3 is 1.77 bits per heavy atom. The van der Waals surface area contributed by atoms with Gasteiger partial charge in [-0.25, -0.2) is 14.6 Å². The van der Waals surface area contributed by atoms with Gasteiger partial charge in [0.25, 0.3) is 0 Å². The number of aromatic nitrogens is 2. The molecule has 0 aromatic carbocycles. The first-order valence-electron chi connectivity index (χ1n) is 7.82. The van der Waals surface area contributed by atoms with Crippen molar-refractivity contribution in [1.82, 2.24) is 15.0 Å². The van der Waals surface area contributed by atoms with E-state index in [2.05, 4.69) is 9.97 Å². The van der Waals surface area contributed by atoms with Crippen LogP contribution in [0.3, 0.4) is 0 Å². The van der Waals surface area contributed by atoms with Gasteiger partial charge in [-0.05, 0) is 20.8 Å². The molecule has 0 bridgehead atoms. The smallest absolute Gasteiger partial charge is 0.431 e. The number of methoxy groups -OCH3 is 2. The van der Waals surface area contributed by atoms with Crippen molar-refractivity contribution in [1.29, 1.82) is 0 Å². The molecular formula is C16H26N4O6. The van der Waals surface area contributed by atoms with Crippen LogP contribution in [-0.4, -0.2) is 57.1 Å². The second-order valence-electron chi connectivity index (χ2n) is 7.53. The normalized spacial score (nSPS) is 11.7. The Labute approximate surface area is 152 Å². The SMILES string of the molecule is COc1nc(OC)c(N(C(=O)O)N(C(=O)O)C(C)(C)C)c(C(C)(C)C)n1. The van der Waals surface area contributed by atoms with Gasteiger partial charge in [0.05, 0.1) is 25.5 Å². The lowest BCUT2D eigenvalue weighted by Gasteiger charge is -2.41. The second-order valence-corrected chi connectivity index (χ2v) is 7.53. The van der Waals surface area contributed by atoms with Gasteiger partial charge < -0.3 is 19.7 Å². The first-order valence-corrected chi connectivity index (χ1v) is 7.82. The van der Waals surface area contributed by atoms with E-state index in [1.165, 1.54) is 14.2 Å². The number of carbonyl (C=O) groups is 2. The summed E-state index contributed by atoms with van der Waals surface area (Å²) >= 11 is 0. The van der Waals surface area contributed by atoms with E-state index in [4.69, 9.17) is 9.47 Å². The molecule has 2 amide bonds. The molecule has 1 rings (SSSR count). The maximum absolute atomic E-state index is 12.1. The molecule has 146 valence electrons. The number of hydrogen-bond donors (Lipinski definition) is 2. The Morgan fingerprint density at radius 1 is 0.923 bits per heavy atom. The summed E-state index contributed by atoms with van der Waals surface area (Å²) in [5, 5.41) is 20.8. The van der Waals surface area contributed by atoms with Crippen molar-refractivity contribution in [2.45, 2.75) is 52.5 Å². The van der Waals surface area contributed by atoms with Crippen LogP contribution in [0.4, 0.5) is 15.3 Å². The van der Waals surface area contributed by atoms with Crippen molar-refractivity contribution >= 4 is 17.9 Å². The fourth-order valence-electron chi connectivity index (χ4n) is 2.32. The van der Waals surface area contributed by atoms with Crippen LogP contribution < -0.4 is 14.5 Å². The number of rotatable bonds is 3. The number of carboxylic acid groups (broad SMARTS) is 2.